The molecule has 3 rings (SSSR count). The smallest absolute Gasteiger partial charge is 0.282 e. The Morgan fingerprint density at radius 1 is 1.17 bits per heavy atom. The van der Waals surface area contributed by atoms with Gasteiger partial charge in [0.1, 0.15) is 11.3 Å². The zero-order valence-electron chi connectivity index (χ0n) is 16.2. The number of ether oxygens (including phenoxy) is 3. The number of methoxy groups -OCH3 is 2. The Balaban J connectivity index is 1.68. The lowest BCUT2D eigenvalue weighted by molar-refractivity contribution is -0.385. The summed E-state index contributed by atoms with van der Waals surface area (Å²) in [6, 6.07) is 11.7. The Morgan fingerprint density at radius 2 is 1.90 bits per heavy atom. The van der Waals surface area contributed by atoms with E-state index in [2.05, 4.69) is 15.5 Å². The molecule has 0 spiro atoms. The van der Waals surface area contributed by atoms with Crippen LogP contribution >= 0.6 is 0 Å². The van der Waals surface area contributed by atoms with E-state index in [1.807, 2.05) is 12.1 Å². The molecule has 1 heterocycles. The van der Waals surface area contributed by atoms with Gasteiger partial charge in [-0.15, -0.1) is 0 Å². The SMILES string of the molecule is COc1cc(/C=N/NC(=O)COc2cccc3cccnc23)c([N+](=O)[O-])cc1OC. The monoisotopic (exact) mass is 410 g/mol. The fourth-order valence-electron chi connectivity index (χ4n) is 2.69. The van der Waals surface area contributed by atoms with E-state index >= 15 is 0 Å². The molecule has 0 unspecified atom stereocenters. The van der Waals surface area contributed by atoms with E-state index in [0.717, 1.165) is 11.6 Å². The molecular formula is C20H18N4O6. The number of aromatic nitrogens is 1. The zero-order valence-corrected chi connectivity index (χ0v) is 16.2. The van der Waals surface area contributed by atoms with Crippen LogP contribution in [0.2, 0.25) is 0 Å². The first-order chi connectivity index (χ1) is 14.5. The van der Waals surface area contributed by atoms with E-state index in [-0.39, 0.29) is 23.6 Å². The quantitative estimate of drug-likeness (QED) is 0.344. The molecular weight excluding hydrogens is 392 g/mol. The molecule has 0 fully saturated rings. The third kappa shape index (κ3) is 4.61. The molecule has 0 radical (unpaired) electrons. The number of carbonyl (C=O) groups is 1. The molecule has 10 nitrogen and oxygen atoms in total. The molecule has 0 bridgehead atoms. The molecule has 0 atom stereocenters. The third-order valence-electron chi connectivity index (χ3n) is 4.08. The second-order valence-corrected chi connectivity index (χ2v) is 5.94. The van der Waals surface area contributed by atoms with Crippen LogP contribution in [0.3, 0.4) is 0 Å². The number of nitro benzene ring substituents is 1. The normalized spacial score (nSPS) is 10.7. The highest BCUT2D eigenvalue weighted by Gasteiger charge is 2.18. The minimum atomic E-state index is -0.582. The summed E-state index contributed by atoms with van der Waals surface area (Å²) in [5.41, 5.74) is 2.80. The van der Waals surface area contributed by atoms with E-state index in [1.54, 1.807) is 24.4 Å². The summed E-state index contributed by atoms with van der Waals surface area (Å²) in [7, 11) is 2.78. The highest BCUT2D eigenvalue weighted by Crippen LogP contribution is 2.33. The number of rotatable bonds is 8. The van der Waals surface area contributed by atoms with E-state index in [1.165, 1.54) is 26.4 Å². The van der Waals surface area contributed by atoms with Gasteiger partial charge in [0.05, 0.1) is 37.0 Å². The van der Waals surface area contributed by atoms with Crippen molar-refractivity contribution < 1.29 is 23.9 Å². The molecule has 154 valence electrons. The van der Waals surface area contributed by atoms with Crippen molar-refractivity contribution in [2.24, 2.45) is 5.10 Å². The van der Waals surface area contributed by atoms with Crippen molar-refractivity contribution in [3.8, 4) is 17.2 Å². The van der Waals surface area contributed by atoms with Gasteiger partial charge < -0.3 is 14.2 Å². The summed E-state index contributed by atoms with van der Waals surface area (Å²) in [5, 5.41) is 15.9. The number of hydrogen-bond donors (Lipinski definition) is 1. The average Bonchev–Trinajstić information content (AvgIpc) is 2.77. The number of nitrogens with one attached hydrogen (secondary N) is 1. The molecule has 0 aliphatic rings. The fourth-order valence-corrected chi connectivity index (χ4v) is 2.69. The van der Waals surface area contributed by atoms with Gasteiger partial charge in [0.2, 0.25) is 0 Å². The second kappa shape index (κ2) is 9.32. The lowest BCUT2D eigenvalue weighted by atomic mass is 10.1. The highest BCUT2D eigenvalue weighted by atomic mass is 16.6. The van der Waals surface area contributed by atoms with Gasteiger partial charge in [-0.2, -0.15) is 5.10 Å². The molecule has 2 aromatic carbocycles. The Bertz CT molecular complexity index is 1110. The number of nitrogens with zero attached hydrogens (tertiary/aromatic N) is 3. The molecule has 1 N–H and O–H groups in total. The van der Waals surface area contributed by atoms with E-state index in [9.17, 15) is 14.9 Å². The maximum Gasteiger partial charge on any atom is 0.282 e. The maximum atomic E-state index is 12.0. The molecule has 30 heavy (non-hydrogen) atoms. The van der Waals surface area contributed by atoms with Crippen molar-refractivity contribution in [1.29, 1.82) is 0 Å². The Labute approximate surface area is 171 Å². The molecule has 0 saturated heterocycles. The zero-order chi connectivity index (χ0) is 21.5. The molecule has 1 aromatic heterocycles. The molecule has 10 heteroatoms. The first-order valence-electron chi connectivity index (χ1n) is 8.72. The number of pyridine rings is 1. The number of para-hydroxylation sites is 1. The van der Waals surface area contributed by atoms with Crippen LogP contribution in [0.5, 0.6) is 17.2 Å². The summed E-state index contributed by atoms with van der Waals surface area (Å²) >= 11 is 0. The summed E-state index contributed by atoms with van der Waals surface area (Å²) in [5.74, 6) is 0.426. The van der Waals surface area contributed by atoms with Crippen molar-refractivity contribution in [2.45, 2.75) is 0 Å². The lowest BCUT2D eigenvalue weighted by Gasteiger charge is -2.09. The summed E-state index contributed by atoms with van der Waals surface area (Å²) in [4.78, 5) is 27.0. The summed E-state index contributed by atoms with van der Waals surface area (Å²) < 4.78 is 15.7. The van der Waals surface area contributed by atoms with Crippen LogP contribution < -0.4 is 19.6 Å². The average molecular weight is 410 g/mol. The number of benzene rings is 2. The van der Waals surface area contributed by atoms with E-state index < -0.39 is 10.8 Å². The lowest BCUT2D eigenvalue weighted by Crippen LogP contribution is -2.24. The Morgan fingerprint density at radius 3 is 2.63 bits per heavy atom. The van der Waals surface area contributed by atoms with Gasteiger partial charge in [-0.3, -0.25) is 19.9 Å². The molecule has 3 aromatic rings. The first kappa shape index (κ1) is 20.5. The highest BCUT2D eigenvalue weighted by molar-refractivity contribution is 5.88. The van der Waals surface area contributed by atoms with Crippen molar-refractivity contribution >= 4 is 28.7 Å². The van der Waals surface area contributed by atoms with Crippen LogP contribution in [0.1, 0.15) is 5.56 Å². The van der Waals surface area contributed by atoms with Gasteiger partial charge >= 0.3 is 0 Å². The number of nitro groups is 1. The summed E-state index contributed by atoms with van der Waals surface area (Å²) in [6.45, 7) is -0.305. The largest absolute Gasteiger partial charge is 0.493 e. The topological polar surface area (TPSA) is 125 Å². The van der Waals surface area contributed by atoms with Gasteiger partial charge in [-0.25, -0.2) is 5.43 Å². The standard InChI is InChI=1S/C20H18N4O6/c1-28-17-9-14(15(24(26)27)10-18(17)29-2)11-22-23-19(25)12-30-16-7-3-5-13-6-4-8-21-20(13)16/h3-11H,12H2,1-2H3,(H,23,25)/b22-11+. The van der Waals surface area contributed by atoms with Crippen LogP contribution in [0.25, 0.3) is 10.9 Å². The molecule has 0 aliphatic heterocycles. The first-order valence-corrected chi connectivity index (χ1v) is 8.72. The van der Waals surface area contributed by atoms with Crippen LogP contribution in [0.4, 0.5) is 5.69 Å². The molecule has 0 saturated carbocycles. The predicted molar refractivity (Wildman–Crippen MR) is 109 cm³/mol. The molecule has 1 amide bonds. The fraction of sp³-hybridized carbons (Fsp3) is 0.150. The predicted octanol–water partition coefficient (Wildman–Crippen LogP) is 2.69. The van der Waals surface area contributed by atoms with E-state index in [4.69, 9.17) is 14.2 Å². The number of amides is 1. The number of hydrogen-bond acceptors (Lipinski definition) is 8. The Hall–Kier alpha value is -4.21. The van der Waals surface area contributed by atoms with Crippen molar-refractivity contribution in [3.05, 3.63) is 64.3 Å². The maximum absolute atomic E-state index is 12.0. The molecule has 0 aliphatic carbocycles. The van der Waals surface area contributed by atoms with Crippen LogP contribution in [0.15, 0.2) is 53.8 Å². The van der Waals surface area contributed by atoms with Gasteiger partial charge in [0.15, 0.2) is 18.1 Å². The van der Waals surface area contributed by atoms with Gasteiger partial charge in [0.25, 0.3) is 11.6 Å². The summed E-state index contributed by atoms with van der Waals surface area (Å²) in [6.07, 6.45) is 2.78. The Kier molecular flexibility index (Phi) is 6.38. The van der Waals surface area contributed by atoms with Gasteiger partial charge in [-0.05, 0) is 18.2 Å². The second-order valence-electron chi connectivity index (χ2n) is 5.94. The van der Waals surface area contributed by atoms with Gasteiger partial charge in [0, 0.05) is 11.6 Å². The van der Waals surface area contributed by atoms with Crippen LogP contribution in [-0.4, -0.2) is 42.9 Å². The van der Waals surface area contributed by atoms with Crippen molar-refractivity contribution in [2.75, 3.05) is 20.8 Å². The number of carbonyl (C=O) groups excluding carboxylic acids is 1. The van der Waals surface area contributed by atoms with Gasteiger partial charge in [-0.1, -0.05) is 18.2 Å². The van der Waals surface area contributed by atoms with Crippen LogP contribution in [-0.2, 0) is 4.79 Å². The third-order valence-corrected chi connectivity index (χ3v) is 4.08. The number of hydrazone groups is 1. The van der Waals surface area contributed by atoms with Crippen molar-refractivity contribution in [3.63, 3.8) is 0 Å². The van der Waals surface area contributed by atoms with Crippen molar-refractivity contribution in [1.82, 2.24) is 10.4 Å². The minimum Gasteiger partial charge on any atom is -0.493 e. The van der Waals surface area contributed by atoms with Crippen LogP contribution in [0, 0.1) is 10.1 Å². The number of fused-ring (bicyclic) bond motifs is 1. The van der Waals surface area contributed by atoms with E-state index in [0.29, 0.717) is 17.0 Å². The minimum absolute atomic E-state index is 0.136.